The molecule has 1 saturated heterocycles. The molecule has 2 bridgehead atoms. The Kier molecular flexibility index (Phi) is 4.53. The summed E-state index contributed by atoms with van der Waals surface area (Å²) < 4.78 is 46.4. The predicted octanol–water partition coefficient (Wildman–Crippen LogP) is 4.39. The van der Waals surface area contributed by atoms with Gasteiger partial charge in [-0.15, -0.1) is 0 Å². The molecule has 31 heavy (non-hydrogen) atoms. The summed E-state index contributed by atoms with van der Waals surface area (Å²) in [6.07, 6.45) is -3.54. The number of hydrogen-bond acceptors (Lipinski definition) is 3. The molecule has 3 aromatic rings. The lowest BCUT2D eigenvalue weighted by atomic mass is 9.83. The van der Waals surface area contributed by atoms with Crippen LogP contribution in [-0.4, -0.2) is 28.5 Å². The van der Waals surface area contributed by atoms with Crippen LogP contribution in [0.1, 0.15) is 34.2 Å². The van der Waals surface area contributed by atoms with Crippen LogP contribution in [0.15, 0.2) is 63.8 Å². The van der Waals surface area contributed by atoms with Crippen LogP contribution in [-0.2, 0) is 12.7 Å². The molecule has 4 heterocycles. The van der Waals surface area contributed by atoms with Gasteiger partial charge in [0.05, 0.1) is 5.56 Å². The van der Waals surface area contributed by atoms with Crippen LogP contribution in [0.4, 0.5) is 13.2 Å². The first-order chi connectivity index (χ1) is 14.8. The third-order valence-corrected chi connectivity index (χ3v) is 6.06. The number of benzene rings is 1. The van der Waals surface area contributed by atoms with E-state index in [0.29, 0.717) is 19.6 Å². The molecule has 160 valence electrons. The molecule has 0 radical (unpaired) electrons. The zero-order valence-electron chi connectivity index (χ0n) is 16.4. The van der Waals surface area contributed by atoms with Crippen molar-refractivity contribution in [3.05, 3.63) is 82.0 Å². The van der Waals surface area contributed by atoms with E-state index in [1.807, 2.05) is 6.07 Å². The molecule has 1 amide bonds. The Morgan fingerprint density at radius 3 is 2.61 bits per heavy atom. The van der Waals surface area contributed by atoms with Gasteiger partial charge in [-0.1, -0.05) is 18.2 Å². The Hall–Kier alpha value is -3.29. The number of furan rings is 1. The minimum atomic E-state index is -4.45. The van der Waals surface area contributed by atoms with Gasteiger partial charge >= 0.3 is 6.18 Å². The fraction of sp³-hybridized carbons (Fsp3) is 0.304. The Labute approximate surface area is 175 Å². The van der Waals surface area contributed by atoms with Crippen molar-refractivity contribution < 1.29 is 22.4 Å². The van der Waals surface area contributed by atoms with E-state index in [1.54, 1.807) is 21.6 Å². The number of aromatic nitrogens is 1. The minimum Gasteiger partial charge on any atom is -0.451 e. The molecule has 2 atom stereocenters. The Bertz CT molecular complexity index is 1210. The standard InChI is InChI=1S/C23H19F3N2O3/c24-23(25,26)17-4-1-3-15(10-17)19-7-8-20(31-19)22(30)27-11-14-9-16(13-27)18-5-2-6-21(29)28(18)12-14/h1-8,10,14,16H,9,11-13H2/t14-,16+/m1/s1. The smallest absolute Gasteiger partial charge is 0.416 e. The normalized spacial score (nSPS) is 20.4. The molecule has 0 aliphatic carbocycles. The highest BCUT2D eigenvalue weighted by molar-refractivity contribution is 5.92. The summed E-state index contributed by atoms with van der Waals surface area (Å²) >= 11 is 0. The summed E-state index contributed by atoms with van der Waals surface area (Å²) in [5, 5.41) is 0. The maximum atomic E-state index is 13.1. The monoisotopic (exact) mass is 428 g/mol. The van der Waals surface area contributed by atoms with E-state index < -0.39 is 11.7 Å². The number of carbonyl (C=O) groups is 1. The third-order valence-electron chi connectivity index (χ3n) is 6.06. The quantitative estimate of drug-likeness (QED) is 0.609. The summed E-state index contributed by atoms with van der Waals surface area (Å²) in [6.45, 7) is 1.55. The lowest BCUT2D eigenvalue weighted by Gasteiger charge is -2.42. The summed E-state index contributed by atoms with van der Waals surface area (Å²) in [7, 11) is 0. The van der Waals surface area contributed by atoms with E-state index >= 15 is 0 Å². The lowest BCUT2D eigenvalue weighted by molar-refractivity contribution is -0.137. The molecular formula is C23H19F3N2O3. The van der Waals surface area contributed by atoms with Crippen molar-refractivity contribution in [2.24, 2.45) is 5.92 Å². The molecule has 0 unspecified atom stereocenters. The van der Waals surface area contributed by atoms with Crippen molar-refractivity contribution >= 4 is 5.91 Å². The van der Waals surface area contributed by atoms with Gasteiger partial charge < -0.3 is 13.9 Å². The molecule has 5 nitrogen and oxygen atoms in total. The number of hydrogen-bond donors (Lipinski definition) is 0. The van der Waals surface area contributed by atoms with Crippen molar-refractivity contribution in [3.8, 4) is 11.3 Å². The van der Waals surface area contributed by atoms with Gasteiger partial charge in [0.15, 0.2) is 5.76 Å². The number of alkyl halides is 3. The average Bonchev–Trinajstić information content (AvgIpc) is 3.24. The van der Waals surface area contributed by atoms with Gasteiger partial charge in [-0.25, -0.2) is 0 Å². The van der Waals surface area contributed by atoms with E-state index in [1.165, 1.54) is 24.3 Å². The summed E-state index contributed by atoms with van der Waals surface area (Å²) in [5.74, 6) is 0.262. The Morgan fingerprint density at radius 1 is 1.00 bits per heavy atom. The van der Waals surface area contributed by atoms with Crippen molar-refractivity contribution in [3.63, 3.8) is 0 Å². The second-order valence-corrected chi connectivity index (χ2v) is 8.15. The number of halogens is 3. The second-order valence-electron chi connectivity index (χ2n) is 8.15. The zero-order chi connectivity index (χ0) is 21.8. The van der Waals surface area contributed by atoms with Gasteiger partial charge in [-0.05, 0) is 42.7 Å². The van der Waals surface area contributed by atoms with Crippen LogP contribution in [0, 0.1) is 5.92 Å². The SMILES string of the molecule is O=C(c1ccc(-c2cccc(C(F)(F)F)c2)o1)N1C[C@H]2C[C@@H](C1)c1cccc(=O)n1C2. The van der Waals surface area contributed by atoms with Crippen LogP contribution in [0.25, 0.3) is 11.3 Å². The first-order valence-electron chi connectivity index (χ1n) is 10.1. The van der Waals surface area contributed by atoms with Gasteiger partial charge in [-0.2, -0.15) is 13.2 Å². The zero-order valence-corrected chi connectivity index (χ0v) is 16.4. The van der Waals surface area contributed by atoms with Crippen molar-refractivity contribution in [1.29, 1.82) is 0 Å². The lowest BCUT2D eigenvalue weighted by Crippen LogP contribution is -2.49. The van der Waals surface area contributed by atoms with E-state index in [9.17, 15) is 22.8 Å². The fourth-order valence-corrected chi connectivity index (χ4v) is 4.67. The molecule has 1 aromatic carbocycles. The van der Waals surface area contributed by atoms with E-state index in [-0.39, 0.29) is 40.4 Å². The highest BCUT2D eigenvalue weighted by Gasteiger charge is 2.37. The maximum absolute atomic E-state index is 13.1. The van der Waals surface area contributed by atoms with Gasteiger partial charge in [-0.3, -0.25) is 9.59 Å². The van der Waals surface area contributed by atoms with Crippen molar-refractivity contribution in [2.75, 3.05) is 13.1 Å². The predicted molar refractivity (Wildman–Crippen MR) is 107 cm³/mol. The topological polar surface area (TPSA) is 55.5 Å². The average molecular weight is 428 g/mol. The van der Waals surface area contributed by atoms with E-state index in [4.69, 9.17) is 4.42 Å². The molecule has 0 N–H and O–H groups in total. The molecule has 2 aliphatic heterocycles. The highest BCUT2D eigenvalue weighted by Crippen LogP contribution is 2.36. The van der Waals surface area contributed by atoms with Crippen LogP contribution < -0.4 is 5.56 Å². The molecule has 5 rings (SSSR count). The summed E-state index contributed by atoms with van der Waals surface area (Å²) in [6, 6.07) is 13.1. The number of nitrogens with zero attached hydrogens (tertiary/aromatic N) is 2. The molecule has 8 heteroatoms. The first-order valence-corrected chi connectivity index (χ1v) is 10.1. The number of amides is 1. The van der Waals surface area contributed by atoms with Crippen molar-refractivity contribution in [2.45, 2.75) is 25.1 Å². The van der Waals surface area contributed by atoms with E-state index in [0.717, 1.165) is 24.2 Å². The van der Waals surface area contributed by atoms with Crippen molar-refractivity contribution in [1.82, 2.24) is 9.47 Å². The second kappa shape index (κ2) is 7.14. The number of piperidine rings is 1. The van der Waals surface area contributed by atoms with Gasteiger partial charge in [0, 0.05) is 42.9 Å². The molecule has 2 aliphatic rings. The van der Waals surface area contributed by atoms with E-state index in [2.05, 4.69) is 0 Å². The minimum absolute atomic E-state index is 0.0243. The number of pyridine rings is 1. The number of rotatable bonds is 2. The van der Waals surface area contributed by atoms with Gasteiger partial charge in [0.2, 0.25) is 0 Å². The number of carbonyl (C=O) groups excluding carboxylic acids is 1. The Balaban J connectivity index is 1.38. The molecule has 0 spiro atoms. The Morgan fingerprint density at radius 2 is 1.81 bits per heavy atom. The maximum Gasteiger partial charge on any atom is 0.416 e. The van der Waals surface area contributed by atoms with Crippen LogP contribution in [0.5, 0.6) is 0 Å². The largest absolute Gasteiger partial charge is 0.451 e. The van der Waals surface area contributed by atoms with Crippen LogP contribution in [0.2, 0.25) is 0 Å². The van der Waals surface area contributed by atoms with Gasteiger partial charge in [0.25, 0.3) is 11.5 Å². The van der Waals surface area contributed by atoms with Crippen LogP contribution >= 0.6 is 0 Å². The van der Waals surface area contributed by atoms with Crippen LogP contribution in [0.3, 0.4) is 0 Å². The number of likely N-dealkylation sites (tertiary alicyclic amines) is 1. The molecule has 1 fully saturated rings. The molecule has 2 aromatic heterocycles. The summed E-state index contributed by atoms with van der Waals surface area (Å²) in [4.78, 5) is 26.9. The summed E-state index contributed by atoms with van der Waals surface area (Å²) in [5.41, 5.74) is 0.402. The highest BCUT2D eigenvalue weighted by atomic mass is 19.4. The van der Waals surface area contributed by atoms with Gasteiger partial charge in [0.1, 0.15) is 5.76 Å². The fourth-order valence-electron chi connectivity index (χ4n) is 4.67. The third kappa shape index (κ3) is 3.56. The molecular weight excluding hydrogens is 409 g/mol. The molecule has 0 saturated carbocycles. The first kappa shape index (κ1) is 19.7. The number of fused-ring (bicyclic) bond motifs is 4.